The molecule has 2 fully saturated rings. The maximum atomic E-state index is 13.2. The lowest BCUT2D eigenvalue weighted by molar-refractivity contribution is 0.0981. The topological polar surface area (TPSA) is 108 Å². The highest BCUT2D eigenvalue weighted by atomic mass is 32.2. The summed E-state index contributed by atoms with van der Waals surface area (Å²) in [5.41, 5.74) is 1.29. The first-order valence-corrected chi connectivity index (χ1v) is 14.9. The number of benzene rings is 1. The Labute approximate surface area is 233 Å². The standard InChI is InChI=1S/C29H36N6O3S.2H2/c1-21-17-29(2,3)35(18-21)27-24(11-8-15-30-27)28(36)33-39(37,38)26-13-7-12-25(32-26)31-23-14-16-34(20-23)19-22-9-5-4-6-10-22;;/h4-13,15,21,23H,14,16-20H2,1-3H3,(H,31,32)(H,33,36);2*1H. The SMILES string of the molecule is CC1CN(c2ncccc2C(=O)NS(=O)(=O)c2cccc(NC3CCN(Cc4ccccc4)C3)n2)C(C)(C)C1.[HH].[HH]. The van der Waals surface area contributed by atoms with Crippen LogP contribution in [0, 0.1) is 5.92 Å². The van der Waals surface area contributed by atoms with Crippen LogP contribution >= 0.6 is 0 Å². The van der Waals surface area contributed by atoms with E-state index in [-0.39, 0.29) is 25.0 Å². The van der Waals surface area contributed by atoms with Crippen LogP contribution in [0.2, 0.25) is 0 Å². The molecule has 9 nitrogen and oxygen atoms in total. The highest BCUT2D eigenvalue weighted by molar-refractivity contribution is 7.90. The first-order chi connectivity index (χ1) is 18.6. The number of anilines is 2. The Morgan fingerprint density at radius 3 is 2.62 bits per heavy atom. The quantitative estimate of drug-likeness (QED) is 0.424. The number of amides is 1. The molecule has 4 heterocycles. The molecule has 0 saturated carbocycles. The number of carbonyl (C=O) groups excluding carboxylic acids is 1. The third kappa shape index (κ3) is 6.23. The van der Waals surface area contributed by atoms with Crippen molar-refractivity contribution in [2.24, 2.45) is 5.92 Å². The number of likely N-dealkylation sites (tertiary alicyclic amines) is 1. The minimum absolute atomic E-state index is 0. The second-order valence-corrected chi connectivity index (χ2v) is 12.9. The predicted molar refractivity (Wildman–Crippen MR) is 156 cm³/mol. The van der Waals surface area contributed by atoms with Crippen LogP contribution in [-0.4, -0.2) is 60.4 Å². The summed E-state index contributed by atoms with van der Waals surface area (Å²) in [6.07, 6.45) is 3.51. The van der Waals surface area contributed by atoms with Gasteiger partial charge in [0.15, 0.2) is 5.03 Å². The van der Waals surface area contributed by atoms with Crippen LogP contribution in [0.1, 0.15) is 52.4 Å². The molecule has 10 heteroatoms. The molecule has 2 aliphatic rings. The van der Waals surface area contributed by atoms with Crippen molar-refractivity contribution in [1.82, 2.24) is 19.6 Å². The van der Waals surface area contributed by atoms with Crippen molar-refractivity contribution < 1.29 is 16.1 Å². The lowest BCUT2D eigenvalue weighted by Gasteiger charge is -2.33. The molecule has 1 amide bonds. The van der Waals surface area contributed by atoms with Crippen molar-refractivity contribution in [3.8, 4) is 0 Å². The Morgan fingerprint density at radius 2 is 1.87 bits per heavy atom. The second-order valence-electron chi connectivity index (χ2n) is 11.3. The normalized spacial score (nSPS) is 21.2. The summed E-state index contributed by atoms with van der Waals surface area (Å²) in [6, 6.07) is 18.5. The van der Waals surface area contributed by atoms with Crippen molar-refractivity contribution >= 4 is 27.6 Å². The van der Waals surface area contributed by atoms with Crippen LogP contribution < -0.4 is 14.9 Å². The van der Waals surface area contributed by atoms with Gasteiger partial charge >= 0.3 is 0 Å². The van der Waals surface area contributed by atoms with Gasteiger partial charge in [0.1, 0.15) is 11.6 Å². The van der Waals surface area contributed by atoms with Crippen LogP contribution in [-0.2, 0) is 16.6 Å². The van der Waals surface area contributed by atoms with Crippen molar-refractivity contribution in [2.45, 2.75) is 56.8 Å². The molecule has 2 unspecified atom stereocenters. The van der Waals surface area contributed by atoms with Crippen LogP contribution in [0.15, 0.2) is 71.9 Å². The average molecular weight is 553 g/mol. The maximum absolute atomic E-state index is 13.2. The number of nitrogens with zero attached hydrogens (tertiary/aromatic N) is 4. The van der Waals surface area contributed by atoms with Crippen LogP contribution in [0.25, 0.3) is 0 Å². The van der Waals surface area contributed by atoms with Gasteiger partial charge in [-0.1, -0.05) is 43.3 Å². The Morgan fingerprint density at radius 1 is 1.08 bits per heavy atom. The molecule has 2 atom stereocenters. The summed E-state index contributed by atoms with van der Waals surface area (Å²) in [4.78, 5) is 26.5. The summed E-state index contributed by atoms with van der Waals surface area (Å²) in [6.45, 7) is 9.77. The van der Waals surface area contributed by atoms with Gasteiger partial charge in [-0.05, 0) is 62.4 Å². The summed E-state index contributed by atoms with van der Waals surface area (Å²) in [7, 11) is -4.20. The summed E-state index contributed by atoms with van der Waals surface area (Å²) < 4.78 is 28.6. The molecular weight excluding hydrogens is 512 g/mol. The fraction of sp³-hybridized carbons (Fsp3) is 0.414. The number of sulfonamides is 1. The smallest absolute Gasteiger partial charge is 0.281 e. The van der Waals surface area contributed by atoms with Gasteiger partial charge in [0.25, 0.3) is 15.9 Å². The number of hydrogen-bond donors (Lipinski definition) is 2. The van der Waals surface area contributed by atoms with Crippen LogP contribution in [0.4, 0.5) is 11.6 Å². The van der Waals surface area contributed by atoms with E-state index in [4.69, 9.17) is 0 Å². The lowest BCUT2D eigenvalue weighted by Crippen LogP contribution is -2.41. The zero-order chi connectivity index (χ0) is 27.6. The minimum atomic E-state index is -4.20. The van der Waals surface area contributed by atoms with Gasteiger partial charge in [-0.2, -0.15) is 8.42 Å². The molecule has 1 aromatic carbocycles. The van der Waals surface area contributed by atoms with Gasteiger partial charge in [-0.3, -0.25) is 9.69 Å². The van der Waals surface area contributed by atoms with Crippen molar-refractivity contribution in [3.05, 3.63) is 78.0 Å². The highest BCUT2D eigenvalue weighted by Gasteiger charge is 2.39. The number of aromatic nitrogens is 2. The van der Waals surface area contributed by atoms with E-state index in [2.05, 4.69) is 62.7 Å². The Kier molecular flexibility index (Phi) is 7.59. The summed E-state index contributed by atoms with van der Waals surface area (Å²) >= 11 is 0. The number of nitrogens with one attached hydrogen (secondary N) is 2. The van der Waals surface area contributed by atoms with Crippen LogP contribution in [0.5, 0.6) is 0 Å². The Hall–Kier alpha value is -3.50. The average Bonchev–Trinajstić information content (AvgIpc) is 3.45. The fourth-order valence-electron chi connectivity index (χ4n) is 5.77. The second kappa shape index (κ2) is 10.9. The zero-order valence-electron chi connectivity index (χ0n) is 22.7. The zero-order valence-corrected chi connectivity index (χ0v) is 23.5. The van der Waals surface area contributed by atoms with E-state index >= 15 is 0 Å². The third-order valence-corrected chi connectivity index (χ3v) is 8.69. The molecule has 2 saturated heterocycles. The lowest BCUT2D eigenvalue weighted by atomic mass is 9.97. The van der Waals surface area contributed by atoms with E-state index < -0.39 is 15.9 Å². The predicted octanol–water partition coefficient (Wildman–Crippen LogP) is 4.40. The molecule has 0 bridgehead atoms. The highest BCUT2D eigenvalue weighted by Crippen LogP contribution is 2.37. The van der Waals surface area contributed by atoms with E-state index in [9.17, 15) is 13.2 Å². The number of hydrogen-bond acceptors (Lipinski definition) is 8. The van der Waals surface area contributed by atoms with Gasteiger partial charge in [0.2, 0.25) is 0 Å². The molecule has 2 aliphatic heterocycles. The Bertz CT molecular complexity index is 1440. The molecule has 5 rings (SSSR count). The molecule has 3 aromatic rings. The molecule has 2 N–H and O–H groups in total. The summed E-state index contributed by atoms with van der Waals surface area (Å²) in [5, 5.41) is 3.16. The third-order valence-electron chi connectivity index (χ3n) is 7.46. The van der Waals surface area contributed by atoms with E-state index in [0.717, 1.165) is 39.0 Å². The van der Waals surface area contributed by atoms with E-state index in [0.29, 0.717) is 17.6 Å². The number of pyridine rings is 2. The molecular formula is C29H40N6O3S. The van der Waals surface area contributed by atoms with Crippen molar-refractivity contribution in [2.75, 3.05) is 29.9 Å². The first kappa shape index (κ1) is 27.1. The molecule has 210 valence electrons. The minimum Gasteiger partial charge on any atom is -0.366 e. The first-order valence-electron chi connectivity index (χ1n) is 13.4. The molecule has 2 aromatic heterocycles. The summed E-state index contributed by atoms with van der Waals surface area (Å²) in [5.74, 6) is 0.670. The molecule has 0 aliphatic carbocycles. The van der Waals surface area contributed by atoms with E-state index in [1.165, 1.54) is 11.6 Å². The van der Waals surface area contributed by atoms with Gasteiger partial charge in [-0.25, -0.2) is 14.7 Å². The van der Waals surface area contributed by atoms with Crippen molar-refractivity contribution in [1.29, 1.82) is 0 Å². The number of rotatable bonds is 8. The van der Waals surface area contributed by atoms with Gasteiger partial charge < -0.3 is 10.2 Å². The molecule has 0 radical (unpaired) electrons. The van der Waals surface area contributed by atoms with E-state index in [1.807, 2.05) is 18.2 Å². The van der Waals surface area contributed by atoms with Crippen LogP contribution in [0.3, 0.4) is 0 Å². The van der Waals surface area contributed by atoms with Crippen molar-refractivity contribution in [3.63, 3.8) is 0 Å². The fourth-order valence-corrected chi connectivity index (χ4v) is 6.70. The van der Waals surface area contributed by atoms with E-state index in [1.54, 1.807) is 30.5 Å². The van der Waals surface area contributed by atoms with Gasteiger partial charge in [0.05, 0.1) is 5.56 Å². The Balaban J connectivity index is 0.00000231. The van der Waals surface area contributed by atoms with Gasteiger partial charge in [0, 0.05) is 46.8 Å². The largest absolute Gasteiger partial charge is 0.366 e. The van der Waals surface area contributed by atoms with Gasteiger partial charge in [-0.15, -0.1) is 0 Å². The molecule has 39 heavy (non-hydrogen) atoms. The monoisotopic (exact) mass is 552 g/mol. The maximum Gasteiger partial charge on any atom is 0.281 e. The number of carbonyl (C=O) groups is 1. The molecule has 0 spiro atoms.